The predicted molar refractivity (Wildman–Crippen MR) is 79.4 cm³/mol. The second kappa shape index (κ2) is 6.01. The highest BCUT2D eigenvalue weighted by molar-refractivity contribution is 7.92. The standard InChI is InChI=1S/C14H13ClFNO3S/c1-17(12-4-2-3-11(16)7-12)21(19,20)13-6-5-10(9-18)14(15)8-13/h2-8,18H,9H2,1H3. The minimum atomic E-state index is -3.86. The van der Waals surface area contributed by atoms with Crippen LogP contribution in [0.5, 0.6) is 0 Å². The fraction of sp³-hybridized carbons (Fsp3) is 0.143. The molecule has 0 unspecified atom stereocenters. The zero-order valence-corrected chi connectivity index (χ0v) is 12.7. The number of hydrogen-bond acceptors (Lipinski definition) is 3. The van der Waals surface area contributed by atoms with Crippen LogP contribution in [0.25, 0.3) is 0 Å². The third kappa shape index (κ3) is 3.18. The Balaban J connectivity index is 2.44. The number of aliphatic hydroxyl groups is 1. The van der Waals surface area contributed by atoms with Gasteiger partial charge in [0.05, 0.1) is 17.2 Å². The highest BCUT2D eigenvalue weighted by Gasteiger charge is 2.22. The van der Waals surface area contributed by atoms with Gasteiger partial charge in [-0.25, -0.2) is 12.8 Å². The summed E-state index contributed by atoms with van der Waals surface area (Å²) in [5.74, 6) is -0.525. The number of nitrogens with zero attached hydrogens (tertiary/aromatic N) is 1. The fourth-order valence-electron chi connectivity index (χ4n) is 1.79. The molecule has 4 nitrogen and oxygen atoms in total. The number of anilines is 1. The number of aliphatic hydroxyl groups excluding tert-OH is 1. The van der Waals surface area contributed by atoms with E-state index in [4.69, 9.17) is 16.7 Å². The molecule has 2 rings (SSSR count). The summed E-state index contributed by atoms with van der Waals surface area (Å²) in [5.41, 5.74) is 0.640. The van der Waals surface area contributed by atoms with Crippen LogP contribution in [-0.2, 0) is 16.6 Å². The van der Waals surface area contributed by atoms with E-state index in [-0.39, 0.29) is 22.2 Å². The molecule has 0 aliphatic heterocycles. The normalized spacial score (nSPS) is 11.4. The molecule has 0 amide bonds. The van der Waals surface area contributed by atoms with Crippen molar-refractivity contribution in [3.63, 3.8) is 0 Å². The van der Waals surface area contributed by atoms with Crippen molar-refractivity contribution in [3.05, 3.63) is 58.9 Å². The zero-order valence-electron chi connectivity index (χ0n) is 11.1. The first kappa shape index (κ1) is 15.8. The first-order valence-electron chi connectivity index (χ1n) is 6.00. The monoisotopic (exact) mass is 329 g/mol. The van der Waals surface area contributed by atoms with E-state index < -0.39 is 15.8 Å². The van der Waals surface area contributed by atoms with Crippen LogP contribution in [0.15, 0.2) is 47.4 Å². The highest BCUT2D eigenvalue weighted by Crippen LogP contribution is 2.26. The Morgan fingerprint density at radius 2 is 1.95 bits per heavy atom. The maximum absolute atomic E-state index is 13.2. The van der Waals surface area contributed by atoms with Gasteiger partial charge in [-0.05, 0) is 35.9 Å². The first-order valence-corrected chi connectivity index (χ1v) is 7.82. The first-order chi connectivity index (χ1) is 9.86. The third-order valence-corrected chi connectivity index (χ3v) is 5.16. The van der Waals surface area contributed by atoms with Gasteiger partial charge < -0.3 is 5.11 Å². The van der Waals surface area contributed by atoms with Gasteiger partial charge in [-0.1, -0.05) is 23.7 Å². The van der Waals surface area contributed by atoms with Crippen molar-refractivity contribution < 1.29 is 17.9 Å². The van der Waals surface area contributed by atoms with E-state index in [0.717, 1.165) is 10.4 Å². The van der Waals surface area contributed by atoms with Crippen molar-refractivity contribution in [3.8, 4) is 0 Å². The van der Waals surface area contributed by atoms with Crippen molar-refractivity contribution in [1.29, 1.82) is 0 Å². The summed E-state index contributed by atoms with van der Waals surface area (Å²) in [5, 5.41) is 9.20. The highest BCUT2D eigenvalue weighted by atomic mass is 35.5. The van der Waals surface area contributed by atoms with Crippen molar-refractivity contribution in [2.75, 3.05) is 11.4 Å². The third-order valence-electron chi connectivity index (χ3n) is 3.03. The summed E-state index contributed by atoms with van der Waals surface area (Å²) in [4.78, 5) is -0.0311. The van der Waals surface area contributed by atoms with Crippen LogP contribution < -0.4 is 4.31 Å². The second-order valence-electron chi connectivity index (χ2n) is 4.36. The van der Waals surface area contributed by atoms with Crippen LogP contribution in [0.3, 0.4) is 0 Å². The van der Waals surface area contributed by atoms with E-state index in [1.165, 1.54) is 43.4 Å². The van der Waals surface area contributed by atoms with E-state index >= 15 is 0 Å². The summed E-state index contributed by atoms with van der Waals surface area (Å²) >= 11 is 5.91. The van der Waals surface area contributed by atoms with Gasteiger partial charge in [0.15, 0.2) is 0 Å². The van der Waals surface area contributed by atoms with Gasteiger partial charge in [0, 0.05) is 12.1 Å². The molecule has 0 saturated heterocycles. The second-order valence-corrected chi connectivity index (χ2v) is 6.74. The van der Waals surface area contributed by atoms with Gasteiger partial charge in [-0.15, -0.1) is 0 Å². The average Bonchev–Trinajstić information content (AvgIpc) is 2.46. The molecule has 112 valence electrons. The van der Waals surface area contributed by atoms with Crippen LogP contribution in [0.2, 0.25) is 5.02 Å². The van der Waals surface area contributed by atoms with E-state index in [1.807, 2.05) is 0 Å². The maximum Gasteiger partial charge on any atom is 0.264 e. The van der Waals surface area contributed by atoms with Gasteiger partial charge in [-0.3, -0.25) is 4.31 Å². The number of rotatable bonds is 4. The van der Waals surface area contributed by atoms with Gasteiger partial charge >= 0.3 is 0 Å². The molecule has 2 aromatic rings. The van der Waals surface area contributed by atoms with Gasteiger partial charge in [-0.2, -0.15) is 0 Å². The Morgan fingerprint density at radius 1 is 1.24 bits per heavy atom. The number of halogens is 2. The molecule has 0 saturated carbocycles. The molecule has 0 atom stereocenters. The summed E-state index contributed by atoms with van der Waals surface area (Å²) in [6.07, 6.45) is 0. The molecule has 0 aliphatic rings. The van der Waals surface area contributed by atoms with Crippen molar-refractivity contribution in [2.45, 2.75) is 11.5 Å². The SMILES string of the molecule is CN(c1cccc(F)c1)S(=O)(=O)c1ccc(CO)c(Cl)c1. The topological polar surface area (TPSA) is 57.6 Å². The fourth-order valence-corrected chi connectivity index (χ4v) is 3.30. The van der Waals surface area contributed by atoms with Gasteiger partial charge in [0.25, 0.3) is 10.0 Å². The van der Waals surface area contributed by atoms with Crippen molar-refractivity contribution >= 4 is 27.3 Å². The smallest absolute Gasteiger partial charge is 0.264 e. The quantitative estimate of drug-likeness (QED) is 0.938. The molecule has 2 aromatic carbocycles. The lowest BCUT2D eigenvalue weighted by atomic mass is 10.2. The molecule has 0 fully saturated rings. The Bertz CT molecular complexity index is 765. The Labute approximate surface area is 127 Å². The van der Waals surface area contributed by atoms with Crippen molar-refractivity contribution in [1.82, 2.24) is 0 Å². The molecular weight excluding hydrogens is 317 g/mol. The number of sulfonamides is 1. The van der Waals surface area contributed by atoms with E-state index in [2.05, 4.69) is 0 Å². The molecule has 1 N–H and O–H groups in total. The number of benzene rings is 2. The molecular formula is C14H13ClFNO3S. The summed E-state index contributed by atoms with van der Waals surface area (Å²) in [7, 11) is -2.52. The van der Waals surface area contributed by atoms with E-state index in [1.54, 1.807) is 0 Å². The van der Waals surface area contributed by atoms with Gasteiger partial charge in [0.2, 0.25) is 0 Å². The summed E-state index contributed by atoms with van der Waals surface area (Å²) in [6, 6.07) is 9.33. The Hall–Kier alpha value is -1.63. The Morgan fingerprint density at radius 3 is 2.52 bits per heavy atom. The summed E-state index contributed by atoms with van der Waals surface area (Å²) in [6.45, 7) is -0.279. The largest absolute Gasteiger partial charge is 0.392 e. The molecule has 21 heavy (non-hydrogen) atoms. The minimum absolute atomic E-state index is 0.0311. The maximum atomic E-state index is 13.2. The van der Waals surface area contributed by atoms with E-state index in [0.29, 0.717) is 5.56 Å². The minimum Gasteiger partial charge on any atom is -0.392 e. The summed E-state index contributed by atoms with van der Waals surface area (Å²) < 4.78 is 39.1. The van der Waals surface area contributed by atoms with Crippen LogP contribution in [-0.4, -0.2) is 20.6 Å². The average molecular weight is 330 g/mol. The molecule has 0 spiro atoms. The van der Waals surface area contributed by atoms with Crippen LogP contribution in [0.1, 0.15) is 5.56 Å². The zero-order chi connectivity index (χ0) is 15.6. The lowest BCUT2D eigenvalue weighted by Gasteiger charge is -2.20. The Kier molecular flexibility index (Phi) is 4.51. The van der Waals surface area contributed by atoms with Crippen LogP contribution >= 0.6 is 11.6 Å². The lowest BCUT2D eigenvalue weighted by molar-refractivity contribution is 0.282. The van der Waals surface area contributed by atoms with Crippen molar-refractivity contribution in [2.24, 2.45) is 0 Å². The van der Waals surface area contributed by atoms with E-state index in [9.17, 15) is 12.8 Å². The molecule has 0 heterocycles. The van der Waals surface area contributed by atoms with Gasteiger partial charge in [0.1, 0.15) is 5.82 Å². The molecule has 0 aliphatic carbocycles. The molecule has 0 radical (unpaired) electrons. The molecule has 0 bridgehead atoms. The molecule has 0 aromatic heterocycles. The van der Waals surface area contributed by atoms with Crippen LogP contribution in [0.4, 0.5) is 10.1 Å². The van der Waals surface area contributed by atoms with Crippen LogP contribution in [0, 0.1) is 5.82 Å². The molecule has 7 heteroatoms. The predicted octanol–water partition coefficient (Wildman–Crippen LogP) is 2.80. The lowest BCUT2D eigenvalue weighted by Crippen LogP contribution is -2.26. The number of hydrogen-bond donors (Lipinski definition) is 1.